The summed E-state index contributed by atoms with van der Waals surface area (Å²) in [6.07, 6.45) is 0. The van der Waals surface area contributed by atoms with Crippen LogP contribution < -0.4 is 10.0 Å². The average molecular weight is 346 g/mol. The van der Waals surface area contributed by atoms with E-state index in [1.165, 1.54) is 44.2 Å². The lowest BCUT2D eigenvalue weighted by molar-refractivity contribution is -0.114. The molecule has 0 aliphatic carbocycles. The van der Waals surface area contributed by atoms with E-state index in [1.807, 2.05) is 0 Å². The zero-order valence-electron chi connectivity index (χ0n) is 13.6. The quantitative estimate of drug-likeness (QED) is 0.814. The maximum absolute atomic E-state index is 12.5. The van der Waals surface area contributed by atoms with Crippen LogP contribution in [0.25, 0.3) is 0 Å². The predicted octanol–water partition coefficient (Wildman–Crippen LogP) is 2.96. The summed E-state index contributed by atoms with van der Waals surface area (Å²) in [5.41, 5.74) is 2.00. The van der Waals surface area contributed by atoms with Gasteiger partial charge in [0, 0.05) is 18.2 Å². The molecule has 1 amide bonds. The van der Waals surface area contributed by atoms with E-state index in [2.05, 4.69) is 10.0 Å². The Morgan fingerprint density at radius 1 is 0.958 bits per heavy atom. The number of carbonyl (C=O) groups is 2. The number of Topliss-reactive ketones (excluding diaryl/α,β-unsaturated/α-hetero) is 1. The molecule has 6 nitrogen and oxygen atoms in total. The molecule has 2 N–H and O–H groups in total. The smallest absolute Gasteiger partial charge is 0.261 e. The highest BCUT2D eigenvalue weighted by atomic mass is 32.2. The van der Waals surface area contributed by atoms with Crippen molar-refractivity contribution in [1.82, 2.24) is 0 Å². The number of benzene rings is 2. The number of carbonyl (C=O) groups excluding carboxylic acids is 2. The van der Waals surface area contributed by atoms with Gasteiger partial charge in [0.1, 0.15) is 0 Å². The van der Waals surface area contributed by atoms with Gasteiger partial charge in [-0.1, -0.05) is 12.1 Å². The van der Waals surface area contributed by atoms with E-state index in [4.69, 9.17) is 0 Å². The number of hydrogen-bond donors (Lipinski definition) is 2. The third-order valence-electron chi connectivity index (χ3n) is 3.37. The largest absolute Gasteiger partial charge is 0.326 e. The first-order valence-electron chi connectivity index (χ1n) is 7.21. The van der Waals surface area contributed by atoms with Gasteiger partial charge < -0.3 is 5.32 Å². The van der Waals surface area contributed by atoms with Gasteiger partial charge in [0.15, 0.2) is 5.78 Å². The van der Waals surface area contributed by atoms with Crippen molar-refractivity contribution in [3.05, 3.63) is 53.6 Å². The Bertz CT molecular complexity index is 887. The van der Waals surface area contributed by atoms with E-state index in [1.54, 1.807) is 19.1 Å². The molecule has 0 atom stereocenters. The van der Waals surface area contributed by atoms with Crippen LogP contribution in [-0.2, 0) is 14.8 Å². The second-order valence-corrected chi connectivity index (χ2v) is 7.08. The Kier molecular flexibility index (Phi) is 5.04. The molecule has 0 aliphatic heterocycles. The highest BCUT2D eigenvalue weighted by Gasteiger charge is 2.16. The van der Waals surface area contributed by atoms with Gasteiger partial charge in [0.2, 0.25) is 5.91 Å². The Labute approximate surface area is 140 Å². The first kappa shape index (κ1) is 17.7. The van der Waals surface area contributed by atoms with Crippen LogP contribution in [0, 0.1) is 6.92 Å². The molecule has 2 aromatic rings. The summed E-state index contributed by atoms with van der Waals surface area (Å²) < 4.78 is 27.5. The number of amides is 1. The van der Waals surface area contributed by atoms with E-state index in [-0.39, 0.29) is 16.6 Å². The summed E-state index contributed by atoms with van der Waals surface area (Å²) in [6.45, 7) is 4.54. The molecule has 0 aromatic heterocycles. The van der Waals surface area contributed by atoms with Gasteiger partial charge in [-0.05, 0) is 49.7 Å². The van der Waals surface area contributed by atoms with Gasteiger partial charge in [0.25, 0.3) is 10.0 Å². The lowest BCUT2D eigenvalue weighted by atomic mass is 10.1. The van der Waals surface area contributed by atoms with Gasteiger partial charge >= 0.3 is 0 Å². The molecule has 0 saturated carbocycles. The Morgan fingerprint density at radius 2 is 1.58 bits per heavy atom. The van der Waals surface area contributed by atoms with Gasteiger partial charge in [0.05, 0.1) is 10.6 Å². The molecule has 24 heavy (non-hydrogen) atoms. The Morgan fingerprint density at radius 3 is 2.12 bits per heavy atom. The molecular weight excluding hydrogens is 328 g/mol. The third-order valence-corrected chi connectivity index (χ3v) is 4.75. The lowest BCUT2D eigenvalue weighted by Gasteiger charge is -2.12. The summed E-state index contributed by atoms with van der Waals surface area (Å²) in [5.74, 6) is -0.379. The van der Waals surface area contributed by atoms with Crippen molar-refractivity contribution in [3.63, 3.8) is 0 Å². The molecular formula is C17H18N2O4S. The zero-order valence-corrected chi connectivity index (χ0v) is 14.4. The van der Waals surface area contributed by atoms with E-state index in [0.717, 1.165) is 0 Å². The van der Waals surface area contributed by atoms with Crippen molar-refractivity contribution in [1.29, 1.82) is 0 Å². The van der Waals surface area contributed by atoms with Crippen LogP contribution >= 0.6 is 0 Å². The average Bonchev–Trinajstić information content (AvgIpc) is 2.49. The summed E-state index contributed by atoms with van der Waals surface area (Å²) >= 11 is 0. The second kappa shape index (κ2) is 6.84. The molecule has 0 radical (unpaired) electrons. The first-order chi connectivity index (χ1) is 11.2. The maximum atomic E-state index is 12.5. The Balaban J connectivity index is 2.30. The number of nitrogens with one attached hydrogen (secondary N) is 2. The highest BCUT2D eigenvalue weighted by molar-refractivity contribution is 7.92. The van der Waals surface area contributed by atoms with Crippen LogP contribution in [0.5, 0.6) is 0 Å². The van der Waals surface area contributed by atoms with Crippen LogP contribution in [0.4, 0.5) is 11.4 Å². The molecule has 126 valence electrons. The topological polar surface area (TPSA) is 92.3 Å². The number of anilines is 2. The minimum absolute atomic E-state index is 0.0595. The summed E-state index contributed by atoms with van der Waals surface area (Å²) in [6, 6.07) is 10.7. The summed E-state index contributed by atoms with van der Waals surface area (Å²) in [7, 11) is -3.80. The first-order valence-corrected chi connectivity index (χ1v) is 8.69. The predicted molar refractivity (Wildman–Crippen MR) is 92.7 cm³/mol. The van der Waals surface area contributed by atoms with Gasteiger partial charge in [-0.3, -0.25) is 14.3 Å². The number of aryl methyl sites for hydroxylation is 1. The van der Waals surface area contributed by atoms with E-state index < -0.39 is 10.0 Å². The summed E-state index contributed by atoms with van der Waals surface area (Å²) in [5, 5.41) is 2.57. The second-order valence-electron chi connectivity index (χ2n) is 5.40. The van der Waals surface area contributed by atoms with Crippen molar-refractivity contribution in [2.24, 2.45) is 0 Å². The SMILES string of the molecule is CC(=O)Nc1ccc(S(=O)(=O)Nc2cc(C(C)=O)ccc2C)cc1. The molecule has 0 bridgehead atoms. The minimum atomic E-state index is -3.80. The fourth-order valence-electron chi connectivity index (χ4n) is 2.08. The van der Waals surface area contributed by atoms with Crippen LogP contribution in [0.15, 0.2) is 47.4 Å². The van der Waals surface area contributed by atoms with Crippen LogP contribution in [0.2, 0.25) is 0 Å². The molecule has 0 unspecified atom stereocenters. The number of hydrogen-bond acceptors (Lipinski definition) is 4. The van der Waals surface area contributed by atoms with Crippen LogP contribution in [-0.4, -0.2) is 20.1 Å². The van der Waals surface area contributed by atoms with E-state index in [9.17, 15) is 18.0 Å². The maximum Gasteiger partial charge on any atom is 0.261 e. The molecule has 0 aliphatic rings. The lowest BCUT2D eigenvalue weighted by Crippen LogP contribution is -2.14. The molecule has 0 spiro atoms. The van der Waals surface area contributed by atoms with Crippen molar-refractivity contribution in [3.8, 4) is 0 Å². The van der Waals surface area contributed by atoms with Crippen molar-refractivity contribution < 1.29 is 18.0 Å². The van der Waals surface area contributed by atoms with Gasteiger partial charge in [-0.2, -0.15) is 0 Å². The van der Waals surface area contributed by atoms with Crippen LogP contribution in [0.3, 0.4) is 0 Å². The zero-order chi connectivity index (χ0) is 17.9. The van der Waals surface area contributed by atoms with Gasteiger partial charge in [-0.15, -0.1) is 0 Å². The number of rotatable bonds is 5. The number of ketones is 1. The monoisotopic (exact) mass is 346 g/mol. The van der Waals surface area contributed by atoms with Gasteiger partial charge in [-0.25, -0.2) is 8.42 Å². The molecule has 2 rings (SSSR count). The fourth-order valence-corrected chi connectivity index (χ4v) is 3.20. The Hall–Kier alpha value is -2.67. The molecule has 0 heterocycles. The minimum Gasteiger partial charge on any atom is -0.326 e. The highest BCUT2D eigenvalue weighted by Crippen LogP contribution is 2.22. The van der Waals surface area contributed by atoms with Crippen molar-refractivity contribution in [2.75, 3.05) is 10.0 Å². The normalized spacial score (nSPS) is 11.0. The van der Waals surface area contributed by atoms with E-state index >= 15 is 0 Å². The van der Waals surface area contributed by atoms with Crippen molar-refractivity contribution in [2.45, 2.75) is 25.7 Å². The van der Waals surface area contributed by atoms with Crippen molar-refractivity contribution >= 4 is 33.1 Å². The van der Waals surface area contributed by atoms with E-state index in [0.29, 0.717) is 22.5 Å². The molecule has 0 fully saturated rings. The standard InChI is InChI=1S/C17H18N2O4S/c1-11-4-5-14(12(2)20)10-17(11)19-24(22,23)16-8-6-15(7-9-16)18-13(3)21/h4-10,19H,1-3H3,(H,18,21). The molecule has 0 saturated heterocycles. The third kappa shape index (κ3) is 4.20. The number of sulfonamides is 1. The summed E-state index contributed by atoms with van der Waals surface area (Å²) in [4.78, 5) is 22.5. The molecule has 7 heteroatoms. The fraction of sp³-hybridized carbons (Fsp3) is 0.176. The van der Waals surface area contributed by atoms with Crippen LogP contribution in [0.1, 0.15) is 29.8 Å². The molecule has 2 aromatic carbocycles.